The molecule has 0 fully saturated rings. The largest absolute Gasteiger partial charge is 0.573 e. The summed E-state index contributed by atoms with van der Waals surface area (Å²) in [6, 6.07) is 17.6. The molecule has 2 atom stereocenters. The van der Waals surface area contributed by atoms with E-state index in [2.05, 4.69) is 24.7 Å². The number of fused-ring (bicyclic) bond motifs is 1. The second-order valence-corrected chi connectivity index (χ2v) is 11.9. The highest BCUT2D eigenvalue weighted by atomic mass is 19.4. The van der Waals surface area contributed by atoms with Gasteiger partial charge in [0.25, 0.3) is 0 Å². The molecule has 6 aromatic rings. The standard InChI is InChI=1S/C35H28F8N6O3/c1-22(33(50,19-48-21-44-20-45-48)30-12-6-26(36)15-31(30)37)49-18-25-14-27(7-13-32(25)46-49)47(16-23-2-8-28(9-3-23)51-34(38,39)40)17-24-4-10-29(11-5-24)52-35(41,42)43/h2-15,18,20-22,50H,16-17,19H2,1H3/t22-,33-/m1/s1. The average Bonchev–Trinajstić information content (AvgIpc) is 3.74. The number of benzene rings is 4. The Bertz CT molecular complexity index is 2060. The first-order valence-corrected chi connectivity index (χ1v) is 15.5. The van der Waals surface area contributed by atoms with Crippen LogP contribution < -0.4 is 14.4 Å². The molecule has 272 valence electrons. The van der Waals surface area contributed by atoms with Gasteiger partial charge in [0.05, 0.1) is 18.1 Å². The number of halogens is 8. The molecule has 1 N–H and O–H groups in total. The molecule has 0 radical (unpaired) electrons. The number of aromatic nitrogens is 5. The highest BCUT2D eigenvalue weighted by Crippen LogP contribution is 2.38. The Morgan fingerprint density at radius 3 is 1.90 bits per heavy atom. The second kappa shape index (κ2) is 14.1. The van der Waals surface area contributed by atoms with E-state index in [1.807, 2.05) is 4.90 Å². The van der Waals surface area contributed by atoms with E-state index in [4.69, 9.17) is 0 Å². The number of hydrogen-bond donors (Lipinski definition) is 1. The van der Waals surface area contributed by atoms with Crippen molar-refractivity contribution in [3.8, 4) is 11.5 Å². The number of ether oxygens (including phenoxy) is 2. The third kappa shape index (κ3) is 8.59. The minimum atomic E-state index is -4.87. The predicted octanol–water partition coefficient (Wildman–Crippen LogP) is 8.06. The molecule has 0 aliphatic carbocycles. The van der Waals surface area contributed by atoms with Crippen LogP contribution in [0.4, 0.5) is 40.8 Å². The lowest BCUT2D eigenvalue weighted by Crippen LogP contribution is -2.40. The van der Waals surface area contributed by atoms with E-state index in [9.17, 15) is 35.8 Å². The van der Waals surface area contributed by atoms with E-state index in [1.54, 1.807) is 31.3 Å². The lowest BCUT2D eigenvalue weighted by molar-refractivity contribution is -0.275. The first-order chi connectivity index (χ1) is 24.5. The first kappa shape index (κ1) is 36.1. The quantitative estimate of drug-likeness (QED) is 0.127. The second-order valence-electron chi connectivity index (χ2n) is 11.9. The van der Waals surface area contributed by atoms with Gasteiger partial charge in [-0.1, -0.05) is 30.3 Å². The summed E-state index contributed by atoms with van der Waals surface area (Å²) in [6.07, 6.45) is -5.52. The maximum Gasteiger partial charge on any atom is 0.573 e. The number of nitrogens with zero attached hydrogens (tertiary/aromatic N) is 6. The summed E-state index contributed by atoms with van der Waals surface area (Å²) in [4.78, 5) is 5.72. The van der Waals surface area contributed by atoms with Gasteiger partial charge in [-0.3, -0.25) is 4.68 Å². The van der Waals surface area contributed by atoms with E-state index < -0.39 is 47.5 Å². The van der Waals surface area contributed by atoms with Gasteiger partial charge in [0.2, 0.25) is 0 Å². The van der Waals surface area contributed by atoms with Crippen LogP contribution in [0, 0.1) is 11.6 Å². The van der Waals surface area contributed by atoms with Crippen LogP contribution in [0.2, 0.25) is 0 Å². The lowest BCUT2D eigenvalue weighted by atomic mass is 9.86. The van der Waals surface area contributed by atoms with E-state index in [0.717, 1.165) is 12.1 Å². The molecule has 2 heterocycles. The van der Waals surface area contributed by atoms with Crippen LogP contribution in [0.3, 0.4) is 0 Å². The average molecular weight is 733 g/mol. The molecule has 6 rings (SSSR count). The fourth-order valence-corrected chi connectivity index (χ4v) is 5.76. The predicted molar refractivity (Wildman–Crippen MR) is 171 cm³/mol. The van der Waals surface area contributed by atoms with Gasteiger partial charge >= 0.3 is 12.7 Å². The van der Waals surface area contributed by atoms with Crippen molar-refractivity contribution in [3.63, 3.8) is 0 Å². The minimum Gasteiger partial charge on any atom is -0.406 e. The number of rotatable bonds is 12. The smallest absolute Gasteiger partial charge is 0.406 e. The van der Waals surface area contributed by atoms with E-state index in [-0.39, 0.29) is 25.2 Å². The van der Waals surface area contributed by atoms with Crippen molar-refractivity contribution in [2.45, 2.75) is 50.9 Å². The minimum absolute atomic E-state index is 0.157. The molecule has 0 aliphatic rings. The van der Waals surface area contributed by atoms with E-state index in [0.29, 0.717) is 33.8 Å². The molecule has 0 saturated heterocycles. The molecule has 0 amide bonds. The molecule has 4 aromatic carbocycles. The summed E-state index contributed by atoms with van der Waals surface area (Å²) in [5.41, 5.74) is 0.0910. The SMILES string of the molecule is C[C@@H](n1cc2cc(N(Cc3ccc(OC(F)(F)F)cc3)Cc3ccc(OC(F)(F)F)cc3)ccc2n1)[C@](O)(Cn1cncn1)c1ccc(F)cc1F. The molecular formula is C35H28F8N6O3. The third-order valence-corrected chi connectivity index (χ3v) is 8.29. The topological polar surface area (TPSA) is 90.5 Å². The first-order valence-electron chi connectivity index (χ1n) is 15.5. The number of aliphatic hydroxyl groups is 1. The zero-order chi connectivity index (χ0) is 37.3. The molecule has 0 bridgehead atoms. The molecule has 0 unspecified atom stereocenters. The summed E-state index contributed by atoms with van der Waals surface area (Å²) in [5.74, 6) is -2.61. The van der Waals surface area contributed by atoms with Crippen LogP contribution in [-0.2, 0) is 25.2 Å². The van der Waals surface area contributed by atoms with Crippen molar-refractivity contribution in [3.05, 3.63) is 132 Å². The molecule has 0 spiro atoms. The van der Waals surface area contributed by atoms with Crippen LogP contribution in [0.15, 0.2) is 104 Å². The Morgan fingerprint density at radius 2 is 1.38 bits per heavy atom. The Morgan fingerprint density at radius 1 is 0.788 bits per heavy atom. The Kier molecular flexibility index (Phi) is 9.81. The van der Waals surface area contributed by atoms with Crippen molar-refractivity contribution >= 4 is 16.6 Å². The number of hydrogen-bond acceptors (Lipinski definition) is 7. The molecule has 2 aromatic heterocycles. The maximum absolute atomic E-state index is 15.1. The Balaban J connectivity index is 1.33. The van der Waals surface area contributed by atoms with Crippen LogP contribution in [0.5, 0.6) is 11.5 Å². The molecule has 0 aliphatic heterocycles. The van der Waals surface area contributed by atoms with Gasteiger partial charge in [0.1, 0.15) is 41.4 Å². The van der Waals surface area contributed by atoms with Gasteiger partial charge in [0.15, 0.2) is 0 Å². The van der Waals surface area contributed by atoms with Crippen molar-refractivity contribution in [1.29, 1.82) is 0 Å². The highest BCUT2D eigenvalue weighted by Gasteiger charge is 2.41. The van der Waals surface area contributed by atoms with Gasteiger partial charge in [-0.15, -0.1) is 26.3 Å². The van der Waals surface area contributed by atoms with Crippen LogP contribution in [0.1, 0.15) is 29.7 Å². The highest BCUT2D eigenvalue weighted by molar-refractivity contribution is 5.82. The van der Waals surface area contributed by atoms with Gasteiger partial charge in [0, 0.05) is 42.0 Å². The molecular weight excluding hydrogens is 704 g/mol. The fourth-order valence-electron chi connectivity index (χ4n) is 5.76. The zero-order valence-electron chi connectivity index (χ0n) is 27.0. The summed E-state index contributed by atoms with van der Waals surface area (Å²) in [7, 11) is 0. The summed E-state index contributed by atoms with van der Waals surface area (Å²) < 4.78 is 116. The zero-order valence-corrected chi connectivity index (χ0v) is 27.0. The van der Waals surface area contributed by atoms with E-state index >= 15 is 4.39 Å². The van der Waals surface area contributed by atoms with Gasteiger partial charge < -0.3 is 19.5 Å². The molecule has 0 saturated carbocycles. The van der Waals surface area contributed by atoms with Crippen molar-refractivity contribution in [1.82, 2.24) is 24.5 Å². The van der Waals surface area contributed by atoms with Crippen LogP contribution in [-0.4, -0.2) is 42.4 Å². The van der Waals surface area contributed by atoms with Gasteiger partial charge in [-0.05, 0) is 66.6 Å². The Labute approximate surface area is 290 Å². The fraction of sp³-hybridized carbons (Fsp3) is 0.229. The Hall–Kier alpha value is -5.71. The van der Waals surface area contributed by atoms with Crippen molar-refractivity contribution in [2.75, 3.05) is 4.90 Å². The van der Waals surface area contributed by atoms with Gasteiger partial charge in [-0.2, -0.15) is 10.2 Å². The molecule has 17 heteroatoms. The number of alkyl halides is 6. The van der Waals surface area contributed by atoms with E-state index in [1.165, 1.54) is 70.5 Å². The summed E-state index contributed by atoms with van der Waals surface area (Å²) >= 11 is 0. The number of anilines is 1. The monoisotopic (exact) mass is 732 g/mol. The van der Waals surface area contributed by atoms with Crippen LogP contribution in [0.25, 0.3) is 10.9 Å². The lowest BCUT2D eigenvalue weighted by Gasteiger charge is -2.34. The molecule has 9 nitrogen and oxygen atoms in total. The third-order valence-electron chi connectivity index (χ3n) is 8.29. The summed E-state index contributed by atoms with van der Waals surface area (Å²) in [5, 5.41) is 21.3. The van der Waals surface area contributed by atoms with Crippen molar-refractivity contribution in [2.24, 2.45) is 0 Å². The van der Waals surface area contributed by atoms with Gasteiger partial charge in [-0.25, -0.2) is 18.4 Å². The van der Waals surface area contributed by atoms with Crippen molar-refractivity contribution < 1.29 is 49.7 Å². The van der Waals surface area contributed by atoms with Crippen LogP contribution >= 0.6 is 0 Å². The maximum atomic E-state index is 15.1. The summed E-state index contributed by atoms with van der Waals surface area (Å²) in [6.45, 7) is 1.66. The normalized spacial score (nSPS) is 13.9. The molecule has 52 heavy (non-hydrogen) atoms.